The van der Waals surface area contributed by atoms with Crippen molar-refractivity contribution in [1.29, 1.82) is 0 Å². The first-order chi connectivity index (χ1) is 14.7. The number of primary amides is 1. The molecule has 11 nitrogen and oxygen atoms in total. The lowest BCUT2D eigenvalue weighted by atomic mass is 10.1. The van der Waals surface area contributed by atoms with Crippen molar-refractivity contribution >= 4 is 17.8 Å². The highest BCUT2D eigenvalue weighted by Crippen LogP contribution is 2.26. The van der Waals surface area contributed by atoms with E-state index < -0.39 is 61.5 Å². The van der Waals surface area contributed by atoms with E-state index in [1.54, 1.807) is 0 Å². The van der Waals surface area contributed by atoms with Crippen molar-refractivity contribution in [2.75, 3.05) is 6.61 Å². The highest BCUT2D eigenvalue weighted by atomic mass is 16.6. The third-order valence-electron chi connectivity index (χ3n) is 4.97. The number of hydrogen-bond acceptors (Lipinski definition) is 9. The minimum absolute atomic E-state index is 0.178. The Kier molecular flexibility index (Phi) is 8.87. The number of hydrogen-bond donors (Lipinski definition) is 4. The molecule has 0 spiro atoms. The third-order valence-corrected chi connectivity index (χ3v) is 4.97. The number of pyridine rings is 1. The lowest BCUT2D eigenvalue weighted by Crippen LogP contribution is -2.46. The van der Waals surface area contributed by atoms with Gasteiger partial charge in [-0.25, -0.2) is 4.79 Å². The van der Waals surface area contributed by atoms with Gasteiger partial charge in [-0.2, -0.15) is 4.57 Å². The molecule has 0 unspecified atom stereocenters. The number of aliphatic hydroxyl groups is 3. The van der Waals surface area contributed by atoms with Crippen LogP contribution < -0.4 is 10.3 Å². The molecule has 5 N–H and O–H groups in total. The minimum Gasteiger partial charge on any atom is -0.463 e. The van der Waals surface area contributed by atoms with Crippen LogP contribution in [0.1, 0.15) is 49.7 Å². The number of aromatic nitrogens is 1. The molecule has 2 rings (SSSR count). The summed E-state index contributed by atoms with van der Waals surface area (Å²) in [7, 11) is 0. The predicted molar refractivity (Wildman–Crippen MR) is 103 cm³/mol. The summed E-state index contributed by atoms with van der Waals surface area (Å²) in [5.41, 5.74) is 5.42. The van der Waals surface area contributed by atoms with Crippen LogP contribution in [-0.4, -0.2) is 70.3 Å². The average molecular weight is 441 g/mol. The third kappa shape index (κ3) is 6.44. The smallest absolute Gasteiger partial charge is 0.335 e. The molecule has 1 amide bonds. The maximum absolute atomic E-state index is 12.0. The van der Waals surface area contributed by atoms with Crippen molar-refractivity contribution in [3.8, 4) is 0 Å². The molecule has 1 aliphatic rings. The number of aliphatic hydroxyl groups excluding tert-OH is 3. The first kappa shape index (κ1) is 24.7. The number of ether oxygens (including phenoxy) is 3. The first-order valence-corrected chi connectivity index (χ1v) is 10.0. The van der Waals surface area contributed by atoms with Gasteiger partial charge in [0.05, 0.1) is 6.42 Å². The molecular weight excluding hydrogens is 412 g/mol. The van der Waals surface area contributed by atoms with Crippen LogP contribution in [-0.2, 0) is 23.8 Å². The summed E-state index contributed by atoms with van der Waals surface area (Å²) in [5, 5.41) is 30.3. The quantitative estimate of drug-likeness (QED) is 0.255. The molecule has 1 aromatic rings. The molecule has 1 saturated heterocycles. The summed E-state index contributed by atoms with van der Waals surface area (Å²) in [6, 6.07) is 3.01. The molecule has 2 heterocycles. The fourth-order valence-electron chi connectivity index (χ4n) is 3.08. The summed E-state index contributed by atoms with van der Waals surface area (Å²) in [4.78, 5) is 35.1. The standard InChI is InChI=1S/C20H28N2O9/c1-3-12(4-2)30-20(28)13(23)8-15(24)29-10-14-16(25)17(26)19(31-14)22-7-5-6-11(9-22)18(21)27/h5-7,9,12-14,16-17,19,23,25-26H,3-4,8,10H2,1-2H3,(H-,21,27)/p+1/t13-,14+,16+,17+,19+/m0/s1. The van der Waals surface area contributed by atoms with Crippen molar-refractivity contribution in [2.45, 2.75) is 69.9 Å². The highest BCUT2D eigenvalue weighted by molar-refractivity contribution is 5.92. The van der Waals surface area contributed by atoms with Crippen LogP contribution in [0.25, 0.3) is 0 Å². The van der Waals surface area contributed by atoms with Gasteiger partial charge in [-0.1, -0.05) is 13.8 Å². The van der Waals surface area contributed by atoms with E-state index in [1.807, 2.05) is 13.8 Å². The first-order valence-electron chi connectivity index (χ1n) is 10.0. The number of nitrogens with zero attached hydrogens (tertiary/aromatic N) is 1. The van der Waals surface area contributed by atoms with E-state index in [2.05, 4.69) is 0 Å². The molecule has 1 fully saturated rings. The van der Waals surface area contributed by atoms with E-state index in [9.17, 15) is 29.7 Å². The topological polar surface area (TPSA) is 169 Å². The second-order valence-electron chi connectivity index (χ2n) is 7.23. The predicted octanol–water partition coefficient (Wildman–Crippen LogP) is -1.28. The average Bonchev–Trinajstić information content (AvgIpc) is 3.04. The van der Waals surface area contributed by atoms with Gasteiger partial charge in [0.2, 0.25) is 0 Å². The second kappa shape index (κ2) is 11.1. The molecule has 0 aromatic carbocycles. The maximum Gasteiger partial charge on any atom is 0.335 e. The largest absolute Gasteiger partial charge is 0.463 e. The van der Waals surface area contributed by atoms with E-state index in [1.165, 1.54) is 29.1 Å². The SMILES string of the molecule is CCC(CC)OC(=O)[C@@H](O)CC(=O)OC[C@H]1O[C@@H]([n+]2cccc(C(N)=O)c2)[C@H](O)[C@@H]1O. The van der Waals surface area contributed by atoms with Crippen LogP contribution in [0.3, 0.4) is 0 Å². The molecule has 0 radical (unpaired) electrons. The highest BCUT2D eigenvalue weighted by Gasteiger charge is 2.48. The van der Waals surface area contributed by atoms with Gasteiger partial charge in [0.25, 0.3) is 12.1 Å². The Morgan fingerprint density at radius 2 is 1.90 bits per heavy atom. The lowest BCUT2D eigenvalue weighted by Gasteiger charge is -2.17. The van der Waals surface area contributed by atoms with E-state index >= 15 is 0 Å². The molecule has 0 saturated carbocycles. The fourth-order valence-corrected chi connectivity index (χ4v) is 3.08. The fraction of sp³-hybridized carbons (Fsp3) is 0.600. The van der Waals surface area contributed by atoms with E-state index in [0.29, 0.717) is 12.8 Å². The second-order valence-corrected chi connectivity index (χ2v) is 7.23. The summed E-state index contributed by atoms with van der Waals surface area (Å²) >= 11 is 0. The zero-order valence-corrected chi connectivity index (χ0v) is 17.4. The Hall–Kier alpha value is -2.60. The van der Waals surface area contributed by atoms with Crippen LogP contribution in [0.4, 0.5) is 0 Å². The van der Waals surface area contributed by atoms with Gasteiger partial charge in [-0.05, 0) is 18.9 Å². The van der Waals surface area contributed by atoms with Gasteiger partial charge < -0.3 is 35.3 Å². The molecule has 5 atom stereocenters. The number of carbonyl (C=O) groups is 3. The Bertz CT molecular complexity index is 784. The van der Waals surface area contributed by atoms with E-state index in [4.69, 9.17) is 19.9 Å². The summed E-state index contributed by atoms with van der Waals surface area (Å²) in [5.74, 6) is -2.48. The van der Waals surface area contributed by atoms with Crippen molar-refractivity contribution < 1.29 is 48.5 Å². The van der Waals surface area contributed by atoms with Crippen molar-refractivity contribution in [2.24, 2.45) is 5.73 Å². The number of nitrogens with two attached hydrogens (primary N) is 1. The number of rotatable bonds is 10. The van der Waals surface area contributed by atoms with Gasteiger partial charge in [0, 0.05) is 6.07 Å². The van der Waals surface area contributed by atoms with Crippen LogP contribution in [0.5, 0.6) is 0 Å². The monoisotopic (exact) mass is 441 g/mol. The molecule has 11 heteroatoms. The van der Waals surface area contributed by atoms with Crippen LogP contribution >= 0.6 is 0 Å². The van der Waals surface area contributed by atoms with Crippen LogP contribution in [0.15, 0.2) is 24.5 Å². The zero-order valence-electron chi connectivity index (χ0n) is 17.4. The van der Waals surface area contributed by atoms with E-state index in [-0.39, 0.29) is 11.7 Å². The molecule has 0 aliphatic carbocycles. The number of amides is 1. The Morgan fingerprint density at radius 1 is 1.23 bits per heavy atom. The minimum atomic E-state index is -1.67. The zero-order chi connectivity index (χ0) is 23.1. The van der Waals surface area contributed by atoms with E-state index in [0.717, 1.165) is 0 Å². The van der Waals surface area contributed by atoms with Crippen LogP contribution in [0, 0.1) is 0 Å². The lowest BCUT2D eigenvalue weighted by molar-refractivity contribution is -0.765. The molecule has 1 aliphatic heterocycles. The molecule has 0 bridgehead atoms. The van der Waals surface area contributed by atoms with Gasteiger partial charge in [0.1, 0.15) is 30.5 Å². The van der Waals surface area contributed by atoms with Gasteiger partial charge >= 0.3 is 11.9 Å². The Labute approximate surface area is 179 Å². The summed E-state index contributed by atoms with van der Waals surface area (Å²) < 4.78 is 17.0. The van der Waals surface area contributed by atoms with Gasteiger partial charge in [0.15, 0.2) is 24.6 Å². The van der Waals surface area contributed by atoms with Crippen molar-refractivity contribution in [3.63, 3.8) is 0 Å². The molecule has 172 valence electrons. The Morgan fingerprint density at radius 3 is 2.52 bits per heavy atom. The van der Waals surface area contributed by atoms with Gasteiger partial charge in [-0.15, -0.1) is 0 Å². The molecule has 1 aromatic heterocycles. The summed E-state index contributed by atoms with van der Waals surface area (Å²) in [6.45, 7) is 3.25. The maximum atomic E-state index is 12.0. The summed E-state index contributed by atoms with van der Waals surface area (Å²) in [6.07, 6.45) is -3.45. The number of esters is 2. The van der Waals surface area contributed by atoms with Crippen molar-refractivity contribution in [1.82, 2.24) is 0 Å². The van der Waals surface area contributed by atoms with Gasteiger partial charge in [-0.3, -0.25) is 9.59 Å². The molecule has 31 heavy (non-hydrogen) atoms. The van der Waals surface area contributed by atoms with Crippen molar-refractivity contribution in [3.05, 3.63) is 30.1 Å². The van der Waals surface area contributed by atoms with Crippen LogP contribution in [0.2, 0.25) is 0 Å². The normalized spacial score (nSPS) is 24.1. The molecular formula is C20H29N2O9+. The Balaban J connectivity index is 1.89. The number of carbonyl (C=O) groups excluding carboxylic acids is 3.